The normalized spacial score (nSPS) is 10.3. The van der Waals surface area contributed by atoms with Crippen LogP contribution in [0.4, 0.5) is 14.4 Å². The van der Waals surface area contributed by atoms with Crippen molar-refractivity contribution < 1.29 is 4.39 Å². The van der Waals surface area contributed by atoms with Crippen molar-refractivity contribution in [1.82, 2.24) is 5.32 Å². The van der Waals surface area contributed by atoms with Crippen molar-refractivity contribution in [3.05, 3.63) is 53.9 Å². The van der Waals surface area contributed by atoms with Gasteiger partial charge in [0.2, 0.25) is 0 Å². The molecule has 2 rings (SSSR count). The van der Waals surface area contributed by atoms with Crippen molar-refractivity contribution in [2.24, 2.45) is 0 Å². The first-order chi connectivity index (χ1) is 10.0. The van der Waals surface area contributed by atoms with Gasteiger partial charge < -0.3 is 15.5 Å². The molecule has 0 aliphatic carbocycles. The first-order valence-electron chi connectivity index (χ1n) is 6.69. The lowest BCUT2D eigenvalue weighted by Gasteiger charge is -2.17. The van der Waals surface area contributed by atoms with Crippen LogP contribution in [-0.2, 0) is 6.54 Å². The predicted octanol–water partition coefficient (Wildman–Crippen LogP) is 3.76. The highest BCUT2D eigenvalue weighted by Gasteiger charge is 2.13. The van der Waals surface area contributed by atoms with E-state index in [4.69, 9.17) is 0 Å². The summed E-state index contributed by atoms with van der Waals surface area (Å²) in [4.78, 5) is 2.14. The molecule has 2 N–H and O–H groups in total. The Bertz CT molecular complexity index is 619. The lowest BCUT2D eigenvalue weighted by Crippen LogP contribution is -2.15. The summed E-state index contributed by atoms with van der Waals surface area (Å²) in [5.41, 5.74) is 3.04. The van der Waals surface area contributed by atoms with Gasteiger partial charge in [-0.15, -0.1) is 11.3 Å². The molecule has 0 atom stereocenters. The van der Waals surface area contributed by atoms with Crippen LogP contribution in [0.15, 0.2) is 36.9 Å². The molecule has 1 aromatic heterocycles. The standard InChI is InChI=1S/C16H20FN3S/c1-11(18-2)14-9-15(21-16(14)19-3)20(4)10-12-5-7-13(17)8-6-12/h5-9,18-19H,1,10H2,2-4H3. The molecule has 0 saturated heterocycles. The highest BCUT2D eigenvalue weighted by atomic mass is 32.1. The van der Waals surface area contributed by atoms with E-state index in [1.807, 2.05) is 33.3 Å². The number of benzene rings is 1. The van der Waals surface area contributed by atoms with Crippen LogP contribution in [0.2, 0.25) is 0 Å². The Kier molecular flexibility index (Phi) is 4.85. The molecule has 0 unspecified atom stereocenters. The van der Waals surface area contributed by atoms with Gasteiger partial charge in [-0.3, -0.25) is 0 Å². The van der Waals surface area contributed by atoms with E-state index in [0.717, 1.165) is 33.4 Å². The molecule has 3 nitrogen and oxygen atoms in total. The summed E-state index contributed by atoms with van der Waals surface area (Å²) in [6, 6.07) is 8.71. The van der Waals surface area contributed by atoms with E-state index in [0.29, 0.717) is 0 Å². The van der Waals surface area contributed by atoms with Gasteiger partial charge in [0.1, 0.15) is 5.82 Å². The highest BCUT2D eigenvalue weighted by Crippen LogP contribution is 2.37. The number of hydrogen-bond acceptors (Lipinski definition) is 4. The number of anilines is 2. The maximum Gasteiger partial charge on any atom is 0.123 e. The van der Waals surface area contributed by atoms with Gasteiger partial charge in [-0.2, -0.15) is 0 Å². The number of rotatable bonds is 6. The quantitative estimate of drug-likeness (QED) is 0.851. The third-order valence-electron chi connectivity index (χ3n) is 3.28. The second kappa shape index (κ2) is 6.63. The Labute approximate surface area is 129 Å². The first kappa shape index (κ1) is 15.4. The summed E-state index contributed by atoms with van der Waals surface area (Å²) < 4.78 is 12.9. The average Bonchev–Trinajstić information content (AvgIpc) is 2.93. The minimum atomic E-state index is -0.206. The third-order valence-corrected chi connectivity index (χ3v) is 4.55. The van der Waals surface area contributed by atoms with Crippen LogP contribution in [0.1, 0.15) is 11.1 Å². The number of thiophene rings is 1. The van der Waals surface area contributed by atoms with E-state index in [-0.39, 0.29) is 5.82 Å². The van der Waals surface area contributed by atoms with Gasteiger partial charge in [-0.25, -0.2) is 4.39 Å². The van der Waals surface area contributed by atoms with E-state index in [9.17, 15) is 4.39 Å². The second-order valence-electron chi connectivity index (χ2n) is 4.79. The summed E-state index contributed by atoms with van der Waals surface area (Å²) >= 11 is 1.67. The van der Waals surface area contributed by atoms with Crippen LogP contribution in [0.5, 0.6) is 0 Å². The zero-order chi connectivity index (χ0) is 15.4. The van der Waals surface area contributed by atoms with Crippen LogP contribution in [0.25, 0.3) is 5.70 Å². The van der Waals surface area contributed by atoms with E-state index >= 15 is 0 Å². The second-order valence-corrected chi connectivity index (χ2v) is 5.82. The first-order valence-corrected chi connectivity index (χ1v) is 7.51. The molecule has 0 aliphatic rings. The topological polar surface area (TPSA) is 27.3 Å². The smallest absolute Gasteiger partial charge is 0.123 e. The van der Waals surface area contributed by atoms with E-state index in [2.05, 4.69) is 28.2 Å². The molecule has 1 aromatic carbocycles. The van der Waals surface area contributed by atoms with Crippen LogP contribution in [-0.4, -0.2) is 21.1 Å². The van der Waals surface area contributed by atoms with Crippen LogP contribution in [0, 0.1) is 5.82 Å². The molecule has 0 aliphatic heterocycles. The molecule has 1 heterocycles. The fourth-order valence-electron chi connectivity index (χ4n) is 2.05. The van der Waals surface area contributed by atoms with Gasteiger partial charge in [0, 0.05) is 38.9 Å². The minimum Gasteiger partial charge on any atom is -0.388 e. The summed E-state index contributed by atoms with van der Waals surface area (Å²) in [7, 11) is 5.80. The Morgan fingerprint density at radius 2 is 1.95 bits per heavy atom. The number of halogens is 1. The maximum absolute atomic E-state index is 12.9. The summed E-state index contributed by atoms with van der Waals surface area (Å²) in [5.74, 6) is -0.206. The fraction of sp³-hybridized carbons (Fsp3) is 0.250. The Balaban J connectivity index is 2.19. The van der Waals surface area contributed by atoms with Crippen molar-refractivity contribution in [1.29, 1.82) is 0 Å². The minimum absolute atomic E-state index is 0.206. The van der Waals surface area contributed by atoms with E-state index in [1.54, 1.807) is 11.3 Å². The molecule has 0 amide bonds. The molecule has 0 radical (unpaired) electrons. The molecule has 0 bridgehead atoms. The third kappa shape index (κ3) is 3.55. The molecular formula is C16H20FN3S. The van der Waals surface area contributed by atoms with E-state index in [1.165, 1.54) is 12.1 Å². The molecule has 112 valence electrons. The van der Waals surface area contributed by atoms with Gasteiger partial charge in [0.05, 0.1) is 10.0 Å². The number of nitrogens with one attached hydrogen (secondary N) is 2. The Morgan fingerprint density at radius 3 is 2.52 bits per heavy atom. The maximum atomic E-state index is 12.9. The monoisotopic (exact) mass is 305 g/mol. The van der Waals surface area contributed by atoms with Gasteiger partial charge >= 0.3 is 0 Å². The van der Waals surface area contributed by atoms with Crippen molar-refractivity contribution in [3.63, 3.8) is 0 Å². The zero-order valence-corrected chi connectivity index (χ0v) is 13.4. The fourth-order valence-corrected chi connectivity index (χ4v) is 3.05. The predicted molar refractivity (Wildman–Crippen MR) is 90.5 cm³/mol. The number of nitrogens with zero attached hydrogens (tertiary/aromatic N) is 1. The molecule has 0 saturated carbocycles. The average molecular weight is 305 g/mol. The highest BCUT2D eigenvalue weighted by molar-refractivity contribution is 7.20. The molecule has 0 spiro atoms. The van der Waals surface area contributed by atoms with Crippen LogP contribution in [0.3, 0.4) is 0 Å². The van der Waals surface area contributed by atoms with Gasteiger partial charge in [0.25, 0.3) is 0 Å². The molecular weight excluding hydrogens is 285 g/mol. The van der Waals surface area contributed by atoms with Crippen molar-refractivity contribution in [3.8, 4) is 0 Å². The molecule has 2 aromatic rings. The Morgan fingerprint density at radius 1 is 1.29 bits per heavy atom. The van der Waals surface area contributed by atoms with E-state index < -0.39 is 0 Å². The van der Waals surface area contributed by atoms with Gasteiger partial charge in [0.15, 0.2) is 0 Å². The number of hydrogen-bond donors (Lipinski definition) is 2. The zero-order valence-electron chi connectivity index (χ0n) is 12.5. The van der Waals surface area contributed by atoms with Crippen molar-refractivity contribution in [2.45, 2.75) is 6.54 Å². The summed E-state index contributed by atoms with van der Waals surface area (Å²) in [6.07, 6.45) is 0. The lowest BCUT2D eigenvalue weighted by atomic mass is 10.2. The molecule has 21 heavy (non-hydrogen) atoms. The largest absolute Gasteiger partial charge is 0.388 e. The van der Waals surface area contributed by atoms with Gasteiger partial charge in [-0.05, 0) is 23.8 Å². The lowest BCUT2D eigenvalue weighted by molar-refractivity contribution is 0.627. The molecule has 5 heteroatoms. The van der Waals surface area contributed by atoms with Gasteiger partial charge in [-0.1, -0.05) is 18.7 Å². The SMILES string of the molecule is C=C(NC)c1cc(N(C)Cc2ccc(F)cc2)sc1NC. The van der Waals surface area contributed by atoms with Crippen molar-refractivity contribution >= 4 is 27.0 Å². The van der Waals surface area contributed by atoms with Crippen LogP contribution >= 0.6 is 11.3 Å². The van der Waals surface area contributed by atoms with Crippen molar-refractivity contribution in [2.75, 3.05) is 31.4 Å². The van der Waals surface area contributed by atoms with Crippen LogP contribution < -0.4 is 15.5 Å². The summed E-state index contributed by atoms with van der Waals surface area (Å²) in [5, 5.41) is 8.49. The summed E-state index contributed by atoms with van der Waals surface area (Å²) in [6.45, 7) is 4.75. The Hall–Kier alpha value is -2.01. The molecule has 0 fully saturated rings.